The number of carbonyl (C=O) groups is 2. The maximum absolute atomic E-state index is 11.9. The summed E-state index contributed by atoms with van der Waals surface area (Å²) in [7, 11) is 0. The number of amides is 2. The number of pyridine rings is 1. The molecule has 0 aromatic carbocycles. The largest absolute Gasteiger partial charge is 0.355 e. The van der Waals surface area contributed by atoms with Crippen LogP contribution in [0.3, 0.4) is 0 Å². The zero-order valence-corrected chi connectivity index (χ0v) is 14.2. The molecule has 0 aliphatic carbocycles. The summed E-state index contributed by atoms with van der Waals surface area (Å²) in [4.78, 5) is 32.1. The van der Waals surface area contributed by atoms with Gasteiger partial charge < -0.3 is 10.6 Å². The summed E-state index contributed by atoms with van der Waals surface area (Å²) in [5.41, 5.74) is 1.04. The molecule has 2 aromatic rings. The molecular formula is C16H20N4O2S. The number of nitrogens with one attached hydrogen (secondary N) is 2. The van der Waals surface area contributed by atoms with Gasteiger partial charge in [0.15, 0.2) is 5.13 Å². The van der Waals surface area contributed by atoms with Crippen LogP contribution in [0.2, 0.25) is 0 Å². The van der Waals surface area contributed by atoms with Crippen molar-refractivity contribution in [1.82, 2.24) is 15.3 Å². The number of carbonyl (C=O) groups excluding carboxylic acids is 2. The van der Waals surface area contributed by atoms with Crippen LogP contribution in [0, 0.1) is 5.41 Å². The second-order valence-electron chi connectivity index (χ2n) is 6.06. The third kappa shape index (κ3) is 5.14. The quantitative estimate of drug-likeness (QED) is 0.882. The van der Waals surface area contributed by atoms with Crippen molar-refractivity contribution in [3.63, 3.8) is 0 Å². The third-order valence-corrected chi connectivity index (χ3v) is 3.75. The molecule has 2 rings (SSSR count). The average molecular weight is 332 g/mol. The van der Waals surface area contributed by atoms with E-state index in [-0.39, 0.29) is 18.2 Å². The van der Waals surface area contributed by atoms with Gasteiger partial charge in [0, 0.05) is 30.0 Å². The summed E-state index contributed by atoms with van der Waals surface area (Å²) < 4.78 is 0. The molecule has 0 saturated carbocycles. The molecule has 2 aromatic heterocycles. The number of aromatic nitrogens is 2. The molecule has 0 atom stereocenters. The van der Waals surface area contributed by atoms with Crippen molar-refractivity contribution in [2.24, 2.45) is 5.41 Å². The number of hydrogen-bond donors (Lipinski definition) is 2. The van der Waals surface area contributed by atoms with E-state index in [0.717, 1.165) is 11.4 Å². The van der Waals surface area contributed by atoms with Gasteiger partial charge in [-0.3, -0.25) is 14.6 Å². The van der Waals surface area contributed by atoms with Crippen molar-refractivity contribution >= 4 is 28.3 Å². The molecule has 0 saturated heterocycles. The van der Waals surface area contributed by atoms with Crippen molar-refractivity contribution in [2.45, 2.75) is 27.2 Å². The fourth-order valence-electron chi connectivity index (χ4n) is 1.70. The lowest BCUT2D eigenvalue weighted by Gasteiger charge is -2.17. The maximum atomic E-state index is 11.9. The van der Waals surface area contributed by atoms with Crippen molar-refractivity contribution < 1.29 is 9.59 Å². The first-order valence-electron chi connectivity index (χ1n) is 7.31. The first-order valence-corrected chi connectivity index (χ1v) is 8.19. The van der Waals surface area contributed by atoms with Crippen molar-refractivity contribution in [2.75, 3.05) is 11.9 Å². The van der Waals surface area contributed by atoms with Gasteiger partial charge in [-0.05, 0) is 12.1 Å². The first-order chi connectivity index (χ1) is 10.9. The van der Waals surface area contributed by atoms with Crippen LogP contribution in [0.5, 0.6) is 0 Å². The summed E-state index contributed by atoms with van der Waals surface area (Å²) in [6.07, 6.45) is 1.91. The number of hydrogen-bond acceptors (Lipinski definition) is 5. The van der Waals surface area contributed by atoms with Crippen LogP contribution in [0.25, 0.3) is 11.4 Å². The van der Waals surface area contributed by atoms with Gasteiger partial charge in [0.25, 0.3) is 0 Å². The Morgan fingerprint density at radius 2 is 2.00 bits per heavy atom. The summed E-state index contributed by atoms with van der Waals surface area (Å²) >= 11 is 1.35. The van der Waals surface area contributed by atoms with E-state index in [1.165, 1.54) is 11.3 Å². The minimum absolute atomic E-state index is 0.0722. The van der Waals surface area contributed by atoms with Crippen LogP contribution < -0.4 is 10.6 Å². The van der Waals surface area contributed by atoms with Gasteiger partial charge in [-0.2, -0.15) is 0 Å². The molecule has 122 valence electrons. The van der Waals surface area contributed by atoms with Crippen LogP contribution in [0.4, 0.5) is 5.13 Å². The van der Waals surface area contributed by atoms with E-state index in [1.54, 1.807) is 6.20 Å². The fraction of sp³-hybridized carbons (Fsp3) is 0.375. The molecular weight excluding hydrogens is 312 g/mol. The Bertz CT molecular complexity index is 677. The highest BCUT2D eigenvalue weighted by Crippen LogP contribution is 2.23. The number of anilines is 1. The zero-order chi connectivity index (χ0) is 16.9. The molecule has 0 fully saturated rings. The highest BCUT2D eigenvalue weighted by atomic mass is 32.1. The molecule has 0 unspecified atom stereocenters. The van der Waals surface area contributed by atoms with Crippen LogP contribution in [-0.2, 0) is 9.59 Å². The van der Waals surface area contributed by atoms with E-state index in [0.29, 0.717) is 11.7 Å². The van der Waals surface area contributed by atoms with Gasteiger partial charge in [-0.1, -0.05) is 26.8 Å². The standard InChI is InChI=1S/C16H20N4O2S/c1-16(2,3)14(22)18-9-7-13(21)20-15-19-12(10-23-15)11-6-4-5-8-17-11/h4-6,8,10H,7,9H2,1-3H3,(H,18,22)(H,19,20,21). The van der Waals surface area contributed by atoms with Gasteiger partial charge in [0.2, 0.25) is 11.8 Å². The van der Waals surface area contributed by atoms with E-state index in [1.807, 2.05) is 44.4 Å². The number of thiazole rings is 1. The minimum Gasteiger partial charge on any atom is -0.355 e. The van der Waals surface area contributed by atoms with E-state index in [9.17, 15) is 9.59 Å². The molecule has 2 heterocycles. The van der Waals surface area contributed by atoms with Crippen LogP contribution >= 0.6 is 11.3 Å². The summed E-state index contributed by atoms with van der Waals surface area (Å²) in [5, 5.41) is 7.85. The SMILES string of the molecule is CC(C)(C)C(=O)NCCC(=O)Nc1nc(-c2ccccn2)cs1. The van der Waals surface area contributed by atoms with Crippen molar-refractivity contribution in [1.29, 1.82) is 0 Å². The molecule has 0 aliphatic rings. The molecule has 2 amide bonds. The second kappa shape index (κ2) is 7.32. The topological polar surface area (TPSA) is 84.0 Å². The molecule has 0 aliphatic heterocycles. The molecule has 7 heteroatoms. The van der Waals surface area contributed by atoms with Gasteiger partial charge in [0.1, 0.15) is 5.69 Å². The lowest BCUT2D eigenvalue weighted by molar-refractivity contribution is -0.128. The average Bonchev–Trinajstić information content (AvgIpc) is 2.95. The Hall–Kier alpha value is -2.28. The summed E-state index contributed by atoms with van der Waals surface area (Å²) in [6, 6.07) is 5.59. The Morgan fingerprint density at radius 1 is 1.22 bits per heavy atom. The Labute approximate surface area is 139 Å². The Balaban J connectivity index is 1.82. The lowest BCUT2D eigenvalue weighted by Crippen LogP contribution is -2.36. The smallest absolute Gasteiger partial charge is 0.227 e. The van der Waals surface area contributed by atoms with Gasteiger partial charge in [0.05, 0.1) is 5.69 Å². The lowest BCUT2D eigenvalue weighted by atomic mass is 9.96. The normalized spacial score (nSPS) is 11.1. The molecule has 0 spiro atoms. The van der Waals surface area contributed by atoms with Gasteiger partial charge in [-0.25, -0.2) is 4.98 Å². The summed E-state index contributed by atoms with van der Waals surface area (Å²) in [6.45, 7) is 5.80. The van der Waals surface area contributed by atoms with Crippen molar-refractivity contribution in [3.05, 3.63) is 29.8 Å². The zero-order valence-electron chi connectivity index (χ0n) is 13.4. The highest BCUT2D eigenvalue weighted by molar-refractivity contribution is 7.14. The number of rotatable bonds is 5. The molecule has 2 N–H and O–H groups in total. The minimum atomic E-state index is -0.455. The van der Waals surface area contributed by atoms with Crippen LogP contribution in [-0.4, -0.2) is 28.3 Å². The monoisotopic (exact) mass is 332 g/mol. The van der Waals surface area contributed by atoms with Crippen LogP contribution in [0.1, 0.15) is 27.2 Å². The predicted octanol–water partition coefficient (Wildman–Crippen LogP) is 2.70. The molecule has 6 nitrogen and oxygen atoms in total. The summed E-state index contributed by atoms with van der Waals surface area (Å²) in [5.74, 6) is -0.252. The first kappa shape index (κ1) is 17.1. The van der Waals surface area contributed by atoms with Gasteiger partial charge >= 0.3 is 0 Å². The third-order valence-electron chi connectivity index (χ3n) is 3.00. The highest BCUT2D eigenvalue weighted by Gasteiger charge is 2.20. The fourth-order valence-corrected chi connectivity index (χ4v) is 2.42. The van der Waals surface area contributed by atoms with E-state index >= 15 is 0 Å². The predicted molar refractivity (Wildman–Crippen MR) is 91.1 cm³/mol. The number of nitrogens with zero attached hydrogens (tertiary/aromatic N) is 2. The molecule has 23 heavy (non-hydrogen) atoms. The Morgan fingerprint density at radius 3 is 2.65 bits per heavy atom. The van der Waals surface area contributed by atoms with Crippen LogP contribution in [0.15, 0.2) is 29.8 Å². The van der Waals surface area contributed by atoms with E-state index in [2.05, 4.69) is 20.6 Å². The molecule has 0 bridgehead atoms. The Kier molecular flexibility index (Phi) is 5.44. The van der Waals surface area contributed by atoms with E-state index < -0.39 is 5.41 Å². The molecule has 0 radical (unpaired) electrons. The second-order valence-corrected chi connectivity index (χ2v) is 6.92. The van der Waals surface area contributed by atoms with E-state index in [4.69, 9.17) is 0 Å². The van der Waals surface area contributed by atoms with Crippen molar-refractivity contribution in [3.8, 4) is 11.4 Å². The van der Waals surface area contributed by atoms with Gasteiger partial charge in [-0.15, -0.1) is 11.3 Å². The maximum Gasteiger partial charge on any atom is 0.227 e.